The number of amides is 1. The Balaban J connectivity index is 1.29. The SMILES string of the molecule is O=C(NO)c1cnc(N2C[C@@H]3C(NCc4ccc(F)cc4)[C@@H]3C2)nc1. The van der Waals surface area contributed by atoms with E-state index in [2.05, 4.69) is 20.2 Å². The Kier molecular flexibility index (Phi) is 4.06. The molecule has 1 aliphatic carbocycles. The fourth-order valence-electron chi connectivity index (χ4n) is 3.50. The number of aromatic nitrogens is 2. The third kappa shape index (κ3) is 3.18. The Bertz CT molecular complexity index is 756. The molecule has 7 nitrogen and oxygen atoms in total. The van der Waals surface area contributed by atoms with E-state index in [4.69, 9.17) is 5.21 Å². The van der Waals surface area contributed by atoms with E-state index in [0.717, 1.165) is 25.2 Å². The second kappa shape index (κ2) is 6.38. The summed E-state index contributed by atoms with van der Waals surface area (Å²) in [5, 5.41) is 12.1. The number of anilines is 1. The number of carbonyl (C=O) groups excluding carboxylic acids is 1. The van der Waals surface area contributed by atoms with Crippen LogP contribution in [0.4, 0.5) is 10.3 Å². The monoisotopic (exact) mass is 343 g/mol. The molecule has 8 heteroatoms. The van der Waals surface area contributed by atoms with Crippen LogP contribution in [0.3, 0.4) is 0 Å². The fraction of sp³-hybridized carbons (Fsp3) is 0.353. The molecule has 0 spiro atoms. The first-order valence-corrected chi connectivity index (χ1v) is 8.15. The van der Waals surface area contributed by atoms with Crippen molar-refractivity contribution >= 4 is 11.9 Å². The number of halogens is 1. The zero-order chi connectivity index (χ0) is 17.4. The summed E-state index contributed by atoms with van der Waals surface area (Å²) in [6.07, 6.45) is 2.81. The van der Waals surface area contributed by atoms with Crippen LogP contribution < -0.4 is 15.7 Å². The van der Waals surface area contributed by atoms with Gasteiger partial charge in [-0.1, -0.05) is 12.1 Å². The summed E-state index contributed by atoms with van der Waals surface area (Å²) in [5.74, 6) is 0.874. The molecule has 3 N–H and O–H groups in total. The van der Waals surface area contributed by atoms with E-state index < -0.39 is 5.91 Å². The topological polar surface area (TPSA) is 90.4 Å². The van der Waals surface area contributed by atoms with Crippen molar-refractivity contribution in [3.63, 3.8) is 0 Å². The summed E-state index contributed by atoms with van der Waals surface area (Å²) in [7, 11) is 0. The highest BCUT2D eigenvalue weighted by Crippen LogP contribution is 2.46. The van der Waals surface area contributed by atoms with Gasteiger partial charge in [0.15, 0.2) is 0 Å². The normalized spacial score (nSPS) is 24.1. The van der Waals surface area contributed by atoms with Crippen molar-refractivity contribution in [1.82, 2.24) is 20.8 Å². The van der Waals surface area contributed by atoms with E-state index in [9.17, 15) is 9.18 Å². The first-order valence-electron chi connectivity index (χ1n) is 8.15. The summed E-state index contributed by atoms with van der Waals surface area (Å²) < 4.78 is 12.9. The Morgan fingerprint density at radius 1 is 1.20 bits per heavy atom. The van der Waals surface area contributed by atoms with Crippen molar-refractivity contribution in [2.75, 3.05) is 18.0 Å². The predicted molar refractivity (Wildman–Crippen MR) is 87.5 cm³/mol. The number of hydrogen-bond donors (Lipinski definition) is 3. The molecule has 1 unspecified atom stereocenters. The zero-order valence-corrected chi connectivity index (χ0v) is 13.4. The van der Waals surface area contributed by atoms with Gasteiger partial charge in [-0.3, -0.25) is 10.0 Å². The number of carbonyl (C=O) groups is 1. The molecule has 1 aromatic heterocycles. The molecule has 1 aliphatic heterocycles. The molecule has 0 radical (unpaired) electrons. The first kappa shape index (κ1) is 15.9. The predicted octanol–water partition coefficient (Wildman–Crippen LogP) is 0.959. The van der Waals surface area contributed by atoms with Gasteiger partial charge in [-0.25, -0.2) is 19.8 Å². The second-order valence-corrected chi connectivity index (χ2v) is 6.48. The lowest BCUT2D eigenvalue weighted by Crippen LogP contribution is -2.32. The summed E-state index contributed by atoms with van der Waals surface area (Å²) in [6, 6.07) is 7.02. The molecule has 2 heterocycles. The quantitative estimate of drug-likeness (QED) is 0.553. The average molecular weight is 343 g/mol. The fourth-order valence-corrected chi connectivity index (χ4v) is 3.50. The molecule has 1 saturated heterocycles. The van der Waals surface area contributed by atoms with Gasteiger partial charge in [0.25, 0.3) is 5.91 Å². The minimum atomic E-state index is -0.624. The maximum Gasteiger partial charge on any atom is 0.277 e. The molecular formula is C17H18FN5O2. The van der Waals surface area contributed by atoms with E-state index >= 15 is 0 Å². The maximum atomic E-state index is 12.9. The molecule has 0 bridgehead atoms. The van der Waals surface area contributed by atoms with Crippen LogP contribution in [0.25, 0.3) is 0 Å². The highest BCUT2D eigenvalue weighted by atomic mass is 19.1. The van der Waals surface area contributed by atoms with Crippen LogP contribution in [0.5, 0.6) is 0 Å². The number of fused-ring (bicyclic) bond motifs is 1. The number of hydroxylamine groups is 1. The molecule has 25 heavy (non-hydrogen) atoms. The largest absolute Gasteiger partial charge is 0.340 e. The van der Waals surface area contributed by atoms with E-state index in [1.807, 2.05) is 0 Å². The molecule has 1 amide bonds. The molecule has 130 valence electrons. The number of rotatable bonds is 5. The van der Waals surface area contributed by atoms with Gasteiger partial charge in [0, 0.05) is 38.1 Å². The van der Waals surface area contributed by atoms with Gasteiger partial charge in [-0.2, -0.15) is 0 Å². The van der Waals surface area contributed by atoms with Crippen LogP contribution >= 0.6 is 0 Å². The lowest BCUT2D eigenvalue weighted by atomic mass is 10.2. The van der Waals surface area contributed by atoms with E-state index in [-0.39, 0.29) is 11.4 Å². The molecule has 1 saturated carbocycles. The molecule has 4 rings (SSSR count). The van der Waals surface area contributed by atoms with Crippen LogP contribution in [0.15, 0.2) is 36.7 Å². The van der Waals surface area contributed by atoms with Crippen LogP contribution in [0, 0.1) is 17.7 Å². The first-order chi connectivity index (χ1) is 12.2. The maximum absolute atomic E-state index is 12.9. The Hall–Kier alpha value is -2.58. The number of nitrogens with zero attached hydrogens (tertiary/aromatic N) is 3. The summed E-state index contributed by atoms with van der Waals surface area (Å²) in [6.45, 7) is 2.48. The molecular weight excluding hydrogens is 325 g/mol. The van der Waals surface area contributed by atoms with E-state index in [1.165, 1.54) is 24.5 Å². The zero-order valence-electron chi connectivity index (χ0n) is 13.4. The highest BCUT2D eigenvalue weighted by Gasteiger charge is 2.55. The van der Waals surface area contributed by atoms with Crippen LogP contribution in [0.1, 0.15) is 15.9 Å². The summed E-state index contributed by atoms with van der Waals surface area (Å²) >= 11 is 0. The van der Waals surface area contributed by atoms with Gasteiger partial charge < -0.3 is 10.2 Å². The van der Waals surface area contributed by atoms with Crippen molar-refractivity contribution in [1.29, 1.82) is 0 Å². The van der Waals surface area contributed by atoms with Gasteiger partial charge in [-0.05, 0) is 29.5 Å². The standard InChI is InChI=1S/C17H18FN5O2/c18-12-3-1-10(2-4-12)5-19-15-13-8-23(9-14(13)15)17-20-6-11(7-21-17)16(24)22-25/h1-4,6-7,13-15,19,25H,5,8-9H2,(H,22,24)/t13-,14+,15?. The highest BCUT2D eigenvalue weighted by molar-refractivity contribution is 5.92. The third-order valence-corrected chi connectivity index (χ3v) is 4.93. The minimum absolute atomic E-state index is 0.217. The second-order valence-electron chi connectivity index (χ2n) is 6.48. The molecule has 1 aromatic carbocycles. The van der Waals surface area contributed by atoms with Crippen LogP contribution in [-0.4, -0.2) is 40.2 Å². The third-order valence-electron chi connectivity index (χ3n) is 4.93. The lowest BCUT2D eigenvalue weighted by molar-refractivity contribution is 0.0705. The van der Waals surface area contributed by atoms with E-state index in [0.29, 0.717) is 23.8 Å². The molecule has 3 atom stereocenters. The Morgan fingerprint density at radius 3 is 2.44 bits per heavy atom. The van der Waals surface area contributed by atoms with Gasteiger partial charge in [0.2, 0.25) is 5.95 Å². The Labute approximate surface area is 143 Å². The summed E-state index contributed by atoms with van der Waals surface area (Å²) in [5.41, 5.74) is 2.85. The van der Waals surface area contributed by atoms with Gasteiger partial charge >= 0.3 is 0 Å². The smallest absolute Gasteiger partial charge is 0.277 e. The van der Waals surface area contributed by atoms with Crippen molar-refractivity contribution in [3.05, 3.63) is 53.6 Å². The number of hydrogen-bond acceptors (Lipinski definition) is 6. The summed E-state index contributed by atoms with van der Waals surface area (Å²) in [4.78, 5) is 21.8. The molecule has 2 aliphatic rings. The minimum Gasteiger partial charge on any atom is -0.340 e. The Morgan fingerprint density at radius 2 is 1.84 bits per heavy atom. The van der Waals surface area contributed by atoms with Crippen LogP contribution in [-0.2, 0) is 6.54 Å². The van der Waals surface area contributed by atoms with Crippen molar-refractivity contribution in [2.24, 2.45) is 11.8 Å². The average Bonchev–Trinajstić information content (AvgIpc) is 3.10. The number of nitrogens with one attached hydrogen (secondary N) is 2. The van der Waals surface area contributed by atoms with Crippen LogP contribution in [0.2, 0.25) is 0 Å². The van der Waals surface area contributed by atoms with E-state index in [1.54, 1.807) is 17.6 Å². The molecule has 2 fully saturated rings. The van der Waals surface area contributed by atoms with Crippen molar-refractivity contribution in [2.45, 2.75) is 12.6 Å². The van der Waals surface area contributed by atoms with Gasteiger partial charge in [0.05, 0.1) is 5.56 Å². The van der Waals surface area contributed by atoms with Gasteiger partial charge in [-0.15, -0.1) is 0 Å². The van der Waals surface area contributed by atoms with Gasteiger partial charge in [0.1, 0.15) is 5.82 Å². The lowest BCUT2D eigenvalue weighted by Gasteiger charge is -2.20. The molecule has 2 aromatic rings. The van der Waals surface area contributed by atoms with Crippen molar-refractivity contribution < 1.29 is 14.4 Å². The number of piperidine rings is 1. The van der Waals surface area contributed by atoms with Crippen molar-refractivity contribution in [3.8, 4) is 0 Å². The number of benzene rings is 1.